The fourth-order valence-electron chi connectivity index (χ4n) is 3.90. The normalized spacial score (nSPS) is 15.4. The number of hydrogen-bond donors (Lipinski definition) is 0. The molecular weight excluding hydrogens is 414 g/mol. The highest BCUT2D eigenvalue weighted by molar-refractivity contribution is 6.31. The fraction of sp³-hybridized carbons (Fsp3) is 0.364. The van der Waals surface area contributed by atoms with Gasteiger partial charge in [-0.3, -0.25) is 4.79 Å². The van der Waals surface area contributed by atoms with Crippen LogP contribution in [-0.2, 0) is 0 Å². The van der Waals surface area contributed by atoms with Gasteiger partial charge in [0.25, 0.3) is 0 Å². The Labute approximate surface area is 180 Å². The SMILES string of the molecule is Cl.O=C(CCCN1CCC(c2noc3cc(Cl)ccc23)CC1)c1ccc(F)cc1. The minimum absolute atomic E-state index is 0. The molecule has 0 saturated carbocycles. The number of rotatable bonds is 6. The smallest absolute Gasteiger partial charge is 0.168 e. The molecule has 4 nitrogen and oxygen atoms in total. The maximum absolute atomic E-state index is 12.9. The molecule has 0 amide bonds. The second-order valence-electron chi connectivity index (χ2n) is 7.36. The summed E-state index contributed by atoms with van der Waals surface area (Å²) in [7, 11) is 0. The van der Waals surface area contributed by atoms with Gasteiger partial charge in [0.15, 0.2) is 11.4 Å². The minimum Gasteiger partial charge on any atom is -0.356 e. The molecule has 0 aliphatic carbocycles. The Morgan fingerprint density at radius 3 is 2.62 bits per heavy atom. The van der Waals surface area contributed by atoms with Gasteiger partial charge in [-0.05, 0) is 75.3 Å². The van der Waals surface area contributed by atoms with E-state index in [0.717, 1.165) is 55.6 Å². The van der Waals surface area contributed by atoms with Crippen LogP contribution in [0.3, 0.4) is 0 Å². The number of aromatic nitrogens is 1. The van der Waals surface area contributed by atoms with Gasteiger partial charge in [-0.2, -0.15) is 0 Å². The molecule has 1 aliphatic heterocycles. The number of hydrogen-bond acceptors (Lipinski definition) is 4. The van der Waals surface area contributed by atoms with Gasteiger partial charge in [-0.1, -0.05) is 16.8 Å². The average molecular weight is 437 g/mol. The molecule has 0 radical (unpaired) electrons. The number of benzene rings is 2. The molecule has 3 aromatic rings. The van der Waals surface area contributed by atoms with Crippen molar-refractivity contribution < 1.29 is 13.7 Å². The molecule has 0 atom stereocenters. The second-order valence-corrected chi connectivity index (χ2v) is 7.79. The first-order valence-corrected chi connectivity index (χ1v) is 10.0. The monoisotopic (exact) mass is 436 g/mol. The number of nitrogens with zero attached hydrogens (tertiary/aromatic N) is 2. The van der Waals surface area contributed by atoms with E-state index in [9.17, 15) is 9.18 Å². The van der Waals surface area contributed by atoms with Gasteiger partial charge < -0.3 is 9.42 Å². The van der Waals surface area contributed by atoms with Gasteiger partial charge >= 0.3 is 0 Å². The molecule has 154 valence electrons. The summed E-state index contributed by atoms with van der Waals surface area (Å²) in [6, 6.07) is 11.4. The zero-order chi connectivity index (χ0) is 19.5. The largest absolute Gasteiger partial charge is 0.356 e. The number of ketones is 1. The Balaban J connectivity index is 0.00000240. The van der Waals surface area contributed by atoms with E-state index in [1.54, 1.807) is 18.2 Å². The number of piperidine rings is 1. The maximum atomic E-state index is 12.9. The van der Waals surface area contributed by atoms with Crippen LogP contribution in [0, 0.1) is 5.82 Å². The lowest BCUT2D eigenvalue weighted by molar-refractivity contribution is 0.0972. The number of likely N-dealkylation sites (tertiary alicyclic amines) is 1. The Bertz CT molecular complexity index is 967. The van der Waals surface area contributed by atoms with Crippen LogP contribution in [0.2, 0.25) is 5.02 Å². The predicted molar refractivity (Wildman–Crippen MR) is 115 cm³/mol. The molecule has 29 heavy (non-hydrogen) atoms. The lowest BCUT2D eigenvalue weighted by Gasteiger charge is -2.31. The summed E-state index contributed by atoms with van der Waals surface area (Å²) < 4.78 is 18.4. The van der Waals surface area contributed by atoms with E-state index in [0.29, 0.717) is 22.9 Å². The second kappa shape index (κ2) is 9.70. The van der Waals surface area contributed by atoms with E-state index < -0.39 is 0 Å². The summed E-state index contributed by atoms with van der Waals surface area (Å²) in [4.78, 5) is 14.6. The van der Waals surface area contributed by atoms with Crippen molar-refractivity contribution in [3.63, 3.8) is 0 Å². The fourth-order valence-corrected chi connectivity index (χ4v) is 4.06. The predicted octanol–water partition coefficient (Wildman–Crippen LogP) is 5.88. The van der Waals surface area contributed by atoms with Crippen LogP contribution in [-0.4, -0.2) is 35.5 Å². The molecule has 0 unspecified atom stereocenters. The summed E-state index contributed by atoms with van der Waals surface area (Å²) in [5.41, 5.74) is 2.35. The van der Waals surface area contributed by atoms with Crippen LogP contribution in [0.25, 0.3) is 11.0 Å². The molecule has 2 aromatic carbocycles. The Morgan fingerprint density at radius 2 is 1.90 bits per heavy atom. The third-order valence-corrected chi connectivity index (χ3v) is 5.72. The number of Topliss-reactive ketones (excluding diaryl/α,β-unsaturated/α-hetero) is 1. The Morgan fingerprint density at radius 1 is 1.17 bits per heavy atom. The van der Waals surface area contributed by atoms with Crippen molar-refractivity contribution in [2.45, 2.75) is 31.6 Å². The molecule has 0 spiro atoms. The van der Waals surface area contributed by atoms with Crippen molar-refractivity contribution in [2.75, 3.05) is 19.6 Å². The van der Waals surface area contributed by atoms with Crippen LogP contribution < -0.4 is 0 Å². The van der Waals surface area contributed by atoms with Crippen LogP contribution >= 0.6 is 24.0 Å². The van der Waals surface area contributed by atoms with Crippen molar-refractivity contribution in [3.8, 4) is 0 Å². The van der Waals surface area contributed by atoms with E-state index in [4.69, 9.17) is 16.1 Å². The van der Waals surface area contributed by atoms with E-state index in [-0.39, 0.29) is 24.0 Å². The summed E-state index contributed by atoms with van der Waals surface area (Å²) in [5.74, 6) is 0.143. The number of carbonyl (C=O) groups excluding carboxylic acids is 1. The molecule has 1 fully saturated rings. The first kappa shape index (κ1) is 21.8. The van der Waals surface area contributed by atoms with Gasteiger partial charge in [-0.25, -0.2) is 4.39 Å². The highest BCUT2D eigenvalue weighted by Gasteiger charge is 2.25. The lowest BCUT2D eigenvalue weighted by Crippen LogP contribution is -2.34. The number of fused-ring (bicyclic) bond motifs is 1. The third kappa shape index (κ3) is 5.16. The summed E-state index contributed by atoms with van der Waals surface area (Å²) in [6.07, 6.45) is 3.35. The Hall–Kier alpha value is -1.95. The van der Waals surface area contributed by atoms with E-state index in [1.165, 1.54) is 12.1 Å². The van der Waals surface area contributed by atoms with Crippen molar-refractivity contribution in [1.82, 2.24) is 10.1 Å². The summed E-state index contributed by atoms with van der Waals surface area (Å²) in [5, 5.41) is 5.99. The molecule has 7 heteroatoms. The van der Waals surface area contributed by atoms with Crippen LogP contribution in [0.4, 0.5) is 4.39 Å². The molecule has 0 bridgehead atoms. The third-order valence-electron chi connectivity index (χ3n) is 5.48. The standard InChI is InChI=1S/C22H22ClFN2O2.ClH/c23-17-5-8-19-21(14-17)28-25-22(19)16-9-12-26(13-10-16)11-1-2-20(27)15-3-6-18(24)7-4-15;/h3-8,14,16H,1-2,9-13H2;1H. The van der Waals surface area contributed by atoms with Crippen LogP contribution in [0.1, 0.15) is 47.7 Å². The van der Waals surface area contributed by atoms with E-state index in [2.05, 4.69) is 10.1 Å². The molecule has 1 aromatic heterocycles. The van der Waals surface area contributed by atoms with Crippen molar-refractivity contribution >= 4 is 40.8 Å². The first-order chi connectivity index (χ1) is 13.6. The zero-order valence-electron chi connectivity index (χ0n) is 15.9. The van der Waals surface area contributed by atoms with Gasteiger partial charge in [0.1, 0.15) is 5.82 Å². The van der Waals surface area contributed by atoms with Gasteiger partial charge in [0.05, 0.1) is 5.69 Å². The highest BCUT2D eigenvalue weighted by atomic mass is 35.5. The quantitative estimate of drug-likeness (QED) is 0.452. The minimum atomic E-state index is -0.317. The van der Waals surface area contributed by atoms with Crippen molar-refractivity contribution in [3.05, 3.63) is 64.6 Å². The van der Waals surface area contributed by atoms with Gasteiger partial charge in [0.2, 0.25) is 0 Å². The molecule has 2 heterocycles. The Kier molecular flexibility index (Phi) is 7.28. The van der Waals surface area contributed by atoms with E-state index in [1.807, 2.05) is 12.1 Å². The molecule has 1 saturated heterocycles. The van der Waals surface area contributed by atoms with Crippen molar-refractivity contribution in [2.24, 2.45) is 0 Å². The van der Waals surface area contributed by atoms with Gasteiger partial charge in [-0.15, -0.1) is 12.4 Å². The van der Waals surface area contributed by atoms with Crippen LogP contribution in [0.5, 0.6) is 0 Å². The highest BCUT2D eigenvalue weighted by Crippen LogP contribution is 2.33. The van der Waals surface area contributed by atoms with E-state index >= 15 is 0 Å². The molecule has 0 N–H and O–H groups in total. The van der Waals surface area contributed by atoms with Crippen LogP contribution in [0.15, 0.2) is 47.0 Å². The molecular formula is C22H23Cl2FN2O2. The first-order valence-electron chi connectivity index (χ1n) is 9.66. The summed E-state index contributed by atoms with van der Waals surface area (Å²) >= 11 is 6.01. The molecule has 4 rings (SSSR count). The zero-order valence-corrected chi connectivity index (χ0v) is 17.5. The number of carbonyl (C=O) groups is 1. The summed E-state index contributed by atoms with van der Waals surface area (Å²) in [6.45, 7) is 2.86. The van der Waals surface area contributed by atoms with Gasteiger partial charge in [0, 0.05) is 34.4 Å². The average Bonchev–Trinajstić information content (AvgIpc) is 3.12. The van der Waals surface area contributed by atoms with Crippen molar-refractivity contribution in [1.29, 1.82) is 0 Å². The lowest BCUT2D eigenvalue weighted by atomic mass is 9.91. The molecule has 1 aliphatic rings. The topological polar surface area (TPSA) is 46.3 Å². The number of halogens is 3. The maximum Gasteiger partial charge on any atom is 0.168 e.